The Morgan fingerprint density at radius 3 is 2.63 bits per heavy atom. The number of likely N-dealkylation sites (N-methyl/N-ethyl adjacent to an activating group) is 1. The van der Waals surface area contributed by atoms with Gasteiger partial charge >= 0.3 is 0 Å². The SMILES string of the molecule is CN(C)C(=O)C1CCCN1C(=O)c1ccccc1O. The second-order valence-corrected chi connectivity index (χ2v) is 4.91. The molecule has 19 heavy (non-hydrogen) atoms. The van der Waals surface area contributed by atoms with E-state index in [2.05, 4.69) is 0 Å². The first-order valence-corrected chi connectivity index (χ1v) is 6.32. The van der Waals surface area contributed by atoms with Crippen molar-refractivity contribution in [1.29, 1.82) is 0 Å². The van der Waals surface area contributed by atoms with Gasteiger partial charge in [-0.15, -0.1) is 0 Å². The number of phenols is 1. The number of rotatable bonds is 2. The molecule has 1 atom stereocenters. The van der Waals surface area contributed by atoms with E-state index >= 15 is 0 Å². The zero-order valence-corrected chi connectivity index (χ0v) is 11.2. The fourth-order valence-corrected chi connectivity index (χ4v) is 2.37. The van der Waals surface area contributed by atoms with Crippen LogP contribution in [0.25, 0.3) is 0 Å². The summed E-state index contributed by atoms with van der Waals surface area (Å²) >= 11 is 0. The van der Waals surface area contributed by atoms with Crippen LogP contribution >= 0.6 is 0 Å². The number of para-hydroxylation sites is 1. The first kappa shape index (κ1) is 13.4. The number of hydrogen-bond acceptors (Lipinski definition) is 3. The summed E-state index contributed by atoms with van der Waals surface area (Å²) in [5, 5.41) is 9.73. The molecule has 1 aliphatic rings. The molecule has 1 aromatic carbocycles. The first-order valence-electron chi connectivity index (χ1n) is 6.32. The van der Waals surface area contributed by atoms with Gasteiger partial charge in [-0.3, -0.25) is 9.59 Å². The van der Waals surface area contributed by atoms with E-state index in [1.165, 1.54) is 11.0 Å². The predicted octanol–water partition coefficient (Wildman–Crippen LogP) is 1.08. The van der Waals surface area contributed by atoms with Crippen LogP contribution in [0.1, 0.15) is 23.2 Å². The molecular weight excluding hydrogens is 244 g/mol. The Labute approximate surface area is 112 Å². The van der Waals surface area contributed by atoms with E-state index < -0.39 is 6.04 Å². The van der Waals surface area contributed by atoms with Gasteiger partial charge in [-0.1, -0.05) is 12.1 Å². The van der Waals surface area contributed by atoms with E-state index in [1.807, 2.05) is 0 Å². The molecule has 1 fully saturated rings. The average molecular weight is 262 g/mol. The third-order valence-corrected chi connectivity index (χ3v) is 3.37. The molecule has 1 heterocycles. The molecule has 0 spiro atoms. The van der Waals surface area contributed by atoms with Gasteiger partial charge in [-0.05, 0) is 25.0 Å². The number of amides is 2. The van der Waals surface area contributed by atoms with Gasteiger partial charge in [0.2, 0.25) is 5.91 Å². The van der Waals surface area contributed by atoms with Crippen LogP contribution in [0, 0.1) is 0 Å². The van der Waals surface area contributed by atoms with E-state index in [4.69, 9.17) is 0 Å². The van der Waals surface area contributed by atoms with Gasteiger partial charge in [0.25, 0.3) is 5.91 Å². The summed E-state index contributed by atoms with van der Waals surface area (Å²) in [6, 6.07) is 6.01. The Morgan fingerprint density at radius 2 is 2.00 bits per heavy atom. The number of carbonyl (C=O) groups is 2. The molecule has 1 saturated heterocycles. The molecule has 2 rings (SSSR count). The Hall–Kier alpha value is -2.04. The lowest BCUT2D eigenvalue weighted by atomic mass is 10.1. The van der Waals surface area contributed by atoms with Crippen molar-refractivity contribution in [2.45, 2.75) is 18.9 Å². The van der Waals surface area contributed by atoms with E-state index in [-0.39, 0.29) is 23.1 Å². The molecule has 2 amide bonds. The fourth-order valence-electron chi connectivity index (χ4n) is 2.37. The Balaban J connectivity index is 2.24. The third kappa shape index (κ3) is 2.54. The summed E-state index contributed by atoms with van der Waals surface area (Å²) in [4.78, 5) is 27.5. The Kier molecular flexibility index (Phi) is 3.74. The van der Waals surface area contributed by atoms with E-state index in [0.717, 1.165) is 6.42 Å². The fraction of sp³-hybridized carbons (Fsp3) is 0.429. The van der Waals surface area contributed by atoms with E-state index in [9.17, 15) is 14.7 Å². The quantitative estimate of drug-likeness (QED) is 0.867. The minimum absolute atomic E-state index is 0.0459. The minimum atomic E-state index is -0.415. The van der Waals surface area contributed by atoms with Gasteiger partial charge in [0.15, 0.2) is 0 Å². The molecule has 1 N–H and O–H groups in total. The molecule has 5 nitrogen and oxygen atoms in total. The molecule has 0 saturated carbocycles. The molecule has 1 aliphatic heterocycles. The lowest BCUT2D eigenvalue weighted by Crippen LogP contribution is -2.45. The van der Waals surface area contributed by atoms with Crippen LogP contribution in [0.15, 0.2) is 24.3 Å². The van der Waals surface area contributed by atoms with E-state index in [1.54, 1.807) is 37.2 Å². The highest BCUT2D eigenvalue weighted by Gasteiger charge is 2.35. The summed E-state index contributed by atoms with van der Waals surface area (Å²) in [6.07, 6.45) is 1.49. The molecule has 0 aliphatic carbocycles. The van der Waals surface area contributed by atoms with Gasteiger partial charge in [0.05, 0.1) is 5.56 Å². The highest BCUT2D eigenvalue weighted by Crippen LogP contribution is 2.25. The van der Waals surface area contributed by atoms with Crippen molar-refractivity contribution in [2.24, 2.45) is 0 Å². The highest BCUT2D eigenvalue weighted by atomic mass is 16.3. The monoisotopic (exact) mass is 262 g/mol. The van der Waals surface area contributed by atoms with Crippen LogP contribution in [0.4, 0.5) is 0 Å². The lowest BCUT2D eigenvalue weighted by molar-refractivity contribution is -0.132. The van der Waals surface area contributed by atoms with Crippen LogP contribution in [0.3, 0.4) is 0 Å². The maximum Gasteiger partial charge on any atom is 0.258 e. The van der Waals surface area contributed by atoms with Crippen molar-refractivity contribution in [3.05, 3.63) is 29.8 Å². The van der Waals surface area contributed by atoms with Crippen LogP contribution in [-0.4, -0.2) is 53.4 Å². The number of carbonyl (C=O) groups excluding carboxylic acids is 2. The van der Waals surface area contributed by atoms with Gasteiger partial charge in [0.1, 0.15) is 11.8 Å². The summed E-state index contributed by atoms with van der Waals surface area (Å²) in [7, 11) is 3.37. The Morgan fingerprint density at radius 1 is 1.32 bits per heavy atom. The maximum atomic E-state index is 12.4. The molecule has 102 valence electrons. The normalized spacial score (nSPS) is 18.4. The first-order chi connectivity index (χ1) is 9.02. The zero-order valence-electron chi connectivity index (χ0n) is 11.2. The van der Waals surface area contributed by atoms with Gasteiger partial charge in [0, 0.05) is 20.6 Å². The summed E-state index contributed by atoms with van der Waals surface area (Å²) in [5.74, 6) is -0.396. The topological polar surface area (TPSA) is 60.9 Å². The smallest absolute Gasteiger partial charge is 0.258 e. The minimum Gasteiger partial charge on any atom is -0.507 e. The molecule has 0 radical (unpaired) electrons. The van der Waals surface area contributed by atoms with Crippen LogP contribution in [-0.2, 0) is 4.79 Å². The second-order valence-electron chi connectivity index (χ2n) is 4.91. The number of benzene rings is 1. The maximum absolute atomic E-state index is 12.4. The van der Waals surface area contributed by atoms with Crippen molar-refractivity contribution in [2.75, 3.05) is 20.6 Å². The zero-order chi connectivity index (χ0) is 14.0. The number of phenolic OH excluding ortho intramolecular Hbond substituents is 1. The van der Waals surface area contributed by atoms with Gasteiger partial charge in [-0.2, -0.15) is 0 Å². The van der Waals surface area contributed by atoms with Crippen molar-refractivity contribution < 1.29 is 14.7 Å². The summed E-state index contributed by atoms with van der Waals surface area (Å²) in [6.45, 7) is 0.553. The van der Waals surface area contributed by atoms with Crippen LogP contribution in [0.5, 0.6) is 5.75 Å². The van der Waals surface area contributed by atoms with Gasteiger partial charge in [-0.25, -0.2) is 0 Å². The number of hydrogen-bond donors (Lipinski definition) is 1. The molecule has 0 aromatic heterocycles. The second kappa shape index (κ2) is 5.30. The molecule has 0 bridgehead atoms. The van der Waals surface area contributed by atoms with E-state index in [0.29, 0.717) is 13.0 Å². The van der Waals surface area contributed by atoms with Crippen molar-refractivity contribution in [3.8, 4) is 5.75 Å². The van der Waals surface area contributed by atoms with Crippen molar-refractivity contribution in [3.63, 3.8) is 0 Å². The molecule has 5 heteroatoms. The number of nitrogens with zero attached hydrogens (tertiary/aromatic N) is 2. The molecule has 1 aromatic rings. The molecule has 1 unspecified atom stereocenters. The average Bonchev–Trinajstić information content (AvgIpc) is 2.86. The molecular formula is C14H18N2O3. The predicted molar refractivity (Wildman–Crippen MR) is 70.9 cm³/mol. The lowest BCUT2D eigenvalue weighted by Gasteiger charge is -2.26. The standard InChI is InChI=1S/C14H18N2O3/c1-15(2)14(19)11-7-5-9-16(11)13(18)10-6-3-4-8-12(10)17/h3-4,6,8,11,17H,5,7,9H2,1-2H3. The Bertz CT molecular complexity index is 499. The summed E-state index contributed by atoms with van der Waals surface area (Å²) < 4.78 is 0. The number of likely N-dealkylation sites (tertiary alicyclic amines) is 1. The number of aromatic hydroxyl groups is 1. The van der Waals surface area contributed by atoms with Crippen molar-refractivity contribution in [1.82, 2.24) is 9.80 Å². The van der Waals surface area contributed by atoms with Gasteiger partial charge < -0.3 is 14.9 Å². The van der Waals surface area contributed by atoms with Crippen molar-refractivity contribution >= 4 is 11.8 Å². The van der Waals surface area contributed by atoms with Crippen LogP contribution < -0.4 is 0 Å². The largest absolute Gasteiger partial charge is 0.507 e. The van der Waals surface area contributed by atoms with Crippen LogP contribution in [0.2, 0.25) is 0 Å². The summed E-state index contributed by atoms with van der Waals surface area (Å²) in [5.41, 5.74) is 0.251. The third-order valence-electron chi connectivity index (χ3n) is 3.37. The highest BCUT2D eigenvalue weighted by molar-refractivity contribution is 5.99.